The molecule has 3 atom stereocenters. The van der Waals surface area contributed by atoms with E-state index in [1.54, 1.807) is 7.11 Å². The Balaban J connectivity index is 2.14. The maximum atomic E-state index is 5.43. The number of hydrogen-bond acceptors (Lipinski definition) is 5. The average molecular weight is 253 g/mol. The molecule has 0 aliphatic heterocycles. The Morgan fingerprint density at radius 2 is 2.17 bits per heavy atom. The predicted octanol–water partition coefficient (Wildman–Crippen LogP) is 2.27. The predicted molar refractivity (Wildman–Crippen MR) is 68.3 cm³/mol. The number of methoxy groups -OCH3 is 1. The first-order valence-corrected chi connectivity index (χ1v) is 6.71. The van der Waals surface area contributed by atoms with Gasteiger partial charge in [0.1, 0.15) is 6.10 Å². The Bertz CT molecular complexity index is 378. The summed E-state index contributed by atoms with van der Waals surface area (Å²) < 4.78 is 10.9. The SMILES string of the molecule is CNC1CCCC1c1nc(C(OC)C(C)C)no1. The average Bonchev–Trinajstić information content (AvgIpc) is 2.96. The summed E-state index contributed by atoms with van der Waals surface area (Å²) in [5.74, 6) is 2.11. The quantitative estimate of drug-likeness (QED) is 0.872. The van der Waals surface area contributed by atoms with Gasteiger partial charge in [0.15, 0.2) is 0 Å². The third kappa shape index (κ3) is 2.57. The van der Waals surface area contributed by atoms with Crippen molar-refractivity contribution in [2.24, 2.45) is 5.92 Å². The first kappa shape index (κ1) is 13.5. The third-order valence-corrected chi connectivity index (χ3v) is 3.78. The summed E-state index contributed by atoms with van der Waals surface area (Å²) in [6.07, 6.45) is 3.42. The molecule has 5 heteroatoms. The van der Waals surface area contributed by atoms with Crippen molar-refractivity contribution in [3.63, 3.8) is 0 Å². The van der Waals surface area contributed by atoms with Gasteiger partial charge in [0.2, 0.25) is 11.7 Å². The van der Waals surface area contributed by atoms with Crippen molar-refractivity contribution in [1.82, 2.24) is 15.5 Å². The molecule has 1 heterocycles. The molecule has 1 fully saturated rings. The number of nitrogens with one attached hydrogen (secondary N) is 1. The van der Waals surface area contributed by atoms with Crippen LogP contribution in [0.2, 0.25) is 0 Å². The largest absolute Gasteiger partial charge is 0.373 e. The summed E-state index contributed by atoms with van der Waals surface area (Å²) in [6, 6.07) is 0.457. The molecule has 5 nitrogen and oxygen atoms in total. The molecule has 1 saturated carbocycles. The number of ether oxygens (including phenoxy) is 1. The van der Waals surface area contributed by atoms with Crippen molar-refractivity contribution in [2.45, 2.75) is 51.2 Å². The minimum Gasteiger partial charge on any atom is -0.373 e. The molecule has 3 unspecified atom stereocenters. The molecule has 1 aromatic heterocycles. The zero-order valence-corrected chi connectivity index (χ0v) is 11.6. The lowest BCUT2D eigenvalue weighted by molar-refractivity contribution is 0.0555. The Labute approximate surface area is 108 Å². The van der Waals surface area contributed by atoms with E-state index in [-0.39, 0.29) is 6.10 Å². The monoisotopic (exact) mass is 253 g/mol. The van der Waals surface area contributed by atoms with Crippen molar-refractivity contribution in [1.29, 1.82) is 0 Å². The minimum absolute atomic E-state index is 0.0862. The van der Waals surface area contributed by atoms with Crippen LogP contribution in [-0.4, -0.2) is 30.3 Å². The van der Waals surface area contributed by atoms with Gasteiger partial charge < -0.3 is 14.6 Å². The van der Waals surface area contributed by atoms with Crippen molar-refractivity contribution in [3.8, 4) is 0 Å². The van der Waals surface area contributed by atoms with Crippen LogP contribution in [0.5, 0.6) is 0 Å². The Kier molecular flexibility index (Phi) is 4.35. The van der Waals surface area contributed by atoms with Gasteiger partial charge in [-0.15, -0.1) is 0 Å². The van der Waals surface area contributed by atoms with Gasteiger partial charge >= 0.3 is 0 Å². The molecule has 0 bridgehead atoms. The molecule has 1 aliphatic rings. The van der Waals surface area contributed by atoms with E-state index < -0.39 is 0 Å². The van der Waals surface area contributed by atoms with Crippen molar-refractivity contribution in [2.75, 3.05) is 14.2 Å². The van der Waals surface area contributed by atoms with Gasteiger partial charge in [0.05, 0.1) is 5.92 Å². The van der Waals surface area contributed by atoms with E-state index in [1.807, 2.05) is 7.05 Å². The van der Waals surface area contributed by atoms with E-state index in [0.29, 0.717) is 23.7 Å². The first-order chi connectivity index (χ1) is 8.67. The van der Waals surface area contributed by atoms with E-state index in [4.69, 9.17) is 9.26 Å². The van der Waals surface area contributed by atoms with E-state index >= 15 is 0 Å². The van der Waals surface area contributed by atoms with Gasteiger partial charge in [0, 0.05) is 13.2 Å². The van der Waals surface area contributed by atoms with Crippen LogP contribution in [0.15, 0.2) is 4.52 Å². The van der Waals surface area contributed by atoms with Crippen LogP contribution in [0.4, 0.5) is 0 Å². The topological polar surface area (TPSA) is 60.2 Å². The molecule has 0 radical (unpaired) electrons. The molecule has 1 aromatic rings. The third-order valence-electron chi connectivity index (χ3n) is 3.78. The minimum atomic E-state index is -0.0862. The number of hydrogen-bond donors (Lipinski definition) is 1. The van der Waals surface area contributed by atoms with Crippen LogP contribution in [0.25, 0.3) is 0 Å². The number of aromatic nitrogens is 2. The second-order valence-corrected chi connectivity index (χ2v) is 5.32. The zero-order chi connectivity index (χ0) is 13.1. The Hall–Kier alpha value is -0.940. The van der Waals surface area contributed by atoms with Crippen molar-refractivity contribution < 1.29 is 9.26 Å². The van der Waals surface area contributed by atoms with E-state index in [1.165, 1.54) is 12.8 Å². The molecule has 0 amide bonds. The van der Waals surface area contributed by atoms with Crippen LogP contribution in [0, 0.1) is 5.92 Å². The molecule has 102 valence electrons. The maximum absolute atomic E-state index is 5.43. The first-order valence-electron chi connectivity index (χ1n) is 6.71. The smallest absolute Gasteiger partial charge is 0.231 e. The van der Waals surface area contributed by atoms with Gasteiger partial charge in [-0.1, -0.05) is 25.4 Å². The number of nitrogens with zero attached hydrogens (tertiary/aromatic N) is 2. The van der Waals surface area contributed by atoms with Crippen LogP contribution >= 0.6 is 0 Å². The molecule has 0 aromatic carbocycles. The highest BCUT2D eigenvalue weighted by molar-refractivity contribution is 5.04. The van der Waals surface area contributed by atoms with Gasteiger partial charge in [0.25, 0.3) is 0 Å². The lowest BCUT2D eigenvalue weighted by atomic mass is 10.0. The summed E-state index contributed by atoms with van der Waals surface area (Å²) in [6.45, 7) is 4.19. The van der Waals surface area contributed by atoms with Crippen LogP contribution in [0.3, 0.4) is 0 Å². The van der Waals surface area contributed by atoms with Crippen LogP contribution in [-0.2, 0) is 4.74 Å². The summed E-state index contributed by atoms with van der Waals surface area (Å²) in [4.78, 5) is 4.54. The van der Waals surface area contributed by atoms with Crippen LogP contribution in [0.1, 0.15) is 56.8 Å². The molecular weight excluding hydrogens is 230 g/mol. The summed E-state index contributed by atoms with van der Waals surface area (Å²) in [5, 5.41) is 7.41. The van der Waals surface area contributed by atoms with Gasteiger partial charge in [-0.25, -0.2) is 0 Å². The fourth-order valence-electron chi connectivity index (χ4n) is 2.79. The van der Waals surface area contributed by atoms with Gasteiger partial charge in [-0.2, -0.15) is 4.98 Å². The van der Waals surface area contributed by atoms with Gasteiger partial charge in [-0.05, 0) is 25.8 Å². The standard InChI is InChI=1S/C13H23N3O2/c1-8(2)11(17-4)12-15-13(18-16-12)9-6-5-7-10(9)14-3/h8-11,14H,5-7H2,1-4H3. The lowest BCUT2D eigenvalue weighted by Crippen LogP contribution is -2.27. The van der Waals surface area contributed by atoms with E-state index in [0.717, 1.165) is 12.3 Å². The van der Waals surface area contributed by atoms with Crippen LogP contribution < -0.4 is 5.32 Å². The van der Waals surface area contributed by atoms with Gasteiger partial charge in [-0.3, -0.25) is 0 Å². The number of likely N-dealkylation sites (N-methyl/N-ethyl adjacent to an activating group) is 1. The molecule has 18 heavy (non-hydrogen) atoms. The second kappa shape index (κ2) is 5.80. The maximum Gasteiger partial charge on any atom is 0.231 e. The van der Waals surface area contributed by atoms with Crippen molar-refractivity contribution >= 4 is 0 Å². The summed E-state index contributed by atoms with van der Waals surface area (Å²) >= 11 is 0. The highest BCUT2D eigenvalue weighted by Gasteiger charge is 2.33. The lowest BCUT2D eigenvalue weighted by Gasteiger charge is -2.15. The fourth-order valence-corrected chi connectivity index (χ4v) is 2.79. The molecule has 1 N–H and O–H groups in total. The summed E-state index contributed by atoms with van der Waals surface area (Å²) in [7, 11) is 3.68. The zero-order valence-electron chi connectivity index (χ0n) is 11.6. The van der Waals surface area contributed by atoms with E-state index in [9.17, 15) is 0 Å². The highest BCUT2D eigenvalue weighted by Crippen LogP contribution is 2.34. The van der Waals surface area contributed by atoms with E-state index in [2.05, 4.69) is 29.3 Å². The molecule has 2 rings (SSSR count). The number of rotatable bonds is 5. The molecule has 1 aliphatic carbocycles. The Morgan fingerprint density at radius 1 is 1.39 bits per heavy atom. The molecule has 0 saturated heterocycles. The fraction of sp³-hybridized carbons (Fsp3) is 0.846. The second-order valence-electron chi connectivity index (χ2n) is 5.32. The normalized spacial score (nSPS) is 25.8. The molecular formula is C13H23N3O2. The van der Waals surface area contributed by atoms with Crippen molar-refractivity contribution in [3.05, 3.63) is 11.7 Å². The molecule has 0 spiro atoms. The highest BCUT2D eigenvalue weighted by atomic mass is 16.5. The Morgan fingerprint density at radius 3 is 2.78 bits per heavy atom. The summed E-state index contributed by atoms with van der Waals surface area (Å²) in [5.41, 5.74) is 0.